The molecule has 0 aliphatic rings. The number of ether oxygens (including phenoxy) is 1. The monoisotopic (exact) mass is 498 g/mol. The number of hydrogen-bond donors (Lipinski definition) is 1. The van der Waals surface area contributed by atoms with Crippen molar-refractivity contribution in [3.8, 4) is 0 Å². The Kier molecular flexibility index (Phi) is 28.9. The van der Waals surface area contributed by atoms with Gasteiger partial charge in [-0.1, -0.05) is 162 Å². The first kappa shape index (κ1) is 33.8. The fourth-order valence-electron chi connectivity index (χ4n) is 4.72. The highest BCUT2D eigenvalue weighted by atomic mass is 32.1. The van der Waals surface area contributed by atoms with Gasteiger partial charge in [0.2, 0.25) is 0 Å². The molecular weight excluding hydrogens is 436 g/mol. The first-order chi connectivity index (χ1) is 16.7. The van der Waals surface area contributed by atoms with E-state index < -0.39 is 0 Å². The molecule has 2 nitrogen and oxygen atoms in total. The minimum Gasteiger partial charge on any atom is -0.466 e. The zero-order chi connectivity index (χ0) is 25.0. The van der Waals surface area contributed by atoms with Crippen LogP contribution in [0.25, 0.3) is 0 Å². The maximum atomic E-state index is 11.1. The number of carbonyl (C=O) groups is 1. The molecule has 34 heavy (non-hydrogen) atoms. The summed E-state index contributed by atoms with van der Waals surface area (Å²) in [6.07, 6.45) is 35.4. The Hall–Kier alpha value is -0.180. The molecule has 0 heterocycles. The molecule has 204 valence electrons. The zero-order valence-electron chi connectivity index (χ0n) is 23.4. The summed E-state index contributed by atoms with van der Waals surface area (Å²) in [6, 6.07) is 0. The van der Waals surface area contributed by atoms with Crippen LogP contribution in [-0.4, -0.2) is 17.8 Å². The Bertz CT molecular complexity index is 399. The minimum atomic E-state index is -0.0971. The van der Waals surface area contributed by atoms with E-state index in [0.29, 0.717) is 18.3 Å². The van der Waals surface area contributed by atoms with Gasteiger partial charge in [-0.2, -0.15) is 12.6 Å². The van der Waals surface area contributed by atoms with Crippen molar-refractivity contribution in [2.75, 3.05) is 6.61 Å². The number of rotatable bonds is 28. The summed E-state index contributed by atoms with van der Waals surface area (Å²) in [5.74, 6) is -0.0971. The van der Waals surface area contributed by atoms with Crippen molar-refractivity contribution in [2.45, 2.75) is 186 Å². The van der Waals surface area contributed by atoms with E-state index in [9.17, 15) is 4.79 Å². The molecule has 0 aliphatic heterocycles. The van der Waals surface area contributed by atoms with E-state index >= 15 is 0 Å². The van der Waals surface area contributed by atoms with Crippen molar-refractivity contribution in [3.63, 3.8) is 0 Å². The fourth-order valence-corrected chi connectivity index (χ4v) is 5.01. The van der Waals surface area contributed by atoms with Crippen molar-refractivity contribution in [1.82, 2.24) is 0 Å². The van der Waals surface area contributed by atoms with Crippen LogP contribution in [0.3, 0.4) is 0 Å². The molecule has 0 aromatic heterocycles. The van der Waals surface area contributed by atoms with E-state index in [1.54, 1.807) is 0 Å². The average Bonchev–Trinajstić information content (AvgIpc) is 2.84. The lowest BCUT2D eigenvalue weighted by atomic mass is 10.0. The lowest BCUT2D eigenvalue weighted by Gasteiger charge is -2.10. The van der Waals surface area contributed by atoms with E-state index in [0.717, 1.165) is 12.8 Å². The van der Waals surface area contributed by atoms with Gasteiger partial charge in [-0.25, -0.2) is 0 Å². The molecule has 0 saturated carbocycles. The zero-order valence-corrected chi connectivity index (χ0v) is 24.3. The maximum absolute atomic E-state index is 11.1. The molecule has 0 saturated heterocycles. The second-order valence-corrected chi connectivity index (χ2v) is 11.3. The molecule has 1 atom stereocenters. The summed E-state index contributed by atoms with van der Waals surface area (Å²) in [4.78, 5) is 11.1. The summed E-state index contributed by atoms with van der Waals surface area (Å²) in [5, 5.41) is 0.375. The lowest BCUT2D eigenvalue weighted by Crippen LogP contribution is -2.09. The van der Waals surface area contributed by atoms with Gasteiger partial charge < -0.3 is 4.74 Å². The van der Waals surface area contributed by atoms with E-state index in [1.807, 2.05) is 6.92 Å². The Morgan fingerprint density at radius 1 is 0.529 bits per heavy atom. The molecule has 0 radical (unpaired) electrons. The second-order valence-electron chi connectivity index (χ2n) is 10.6. The summed E-state index contributed by atoms with van der Waals surface area (Å²) in [7, 11) is 0. The van der Waals surface area contributed by atoms with Crippen LogP contribution in [0.4, 0.5) is 0 Å². The first-order valence-electron chi connectivity index (χ1n) is 15.5. The van der Waals surface area contributed by atoms with Crippen molar-refractivity contribution >= 4 is 18.6 Å². The number of carbonyl (C=O) groups excluding carboxylic acids is 1. The summed E-state index contributed by atoms with van der Waals surface area (Å²) < 4.78 is 5.13. The molecule has 0 N–H and O–H groups in total. The largest absolute Gasteiger partial charge is 0.466 e. The SMILES string of the molecule is CCCCCCCCCCCCCCCCCCCCCCCCCC(S)CCOC(=O)CC. The van der Waals surface area contributed by atoms with Crippen LogP contribution in [0, 0.1) is 0 Å². The normalized spacial score (nSPS) is 12.2. The van der Waals surface area contributed by atoms with Crippen LogP contribution >= 0.6 is 12.6 Å². The third kappa shape index (κ3) is 28.1. The van der Waals surface area contributed by atoms with E-state index in [1.165, 1.54) is 148 Å². The Morgan fingerprint density at radius 2 is 0.853 bits per heavy atom. The van der Waals surface area contributed by atoms with Gasteiger partial charge in [-0.3, -0.25) is 4.79 Å². The van der Waals surface area contributed by atoms with Gasteiger partial charge in [0, 0.05) is 11.7 Å². The van der Waals surface area contributed by atoms with Crippen LogP contribution < -0.4 is 0 Å². The first-order valence-corrected chi connectivity index (χ1v) is 16.1. The standard InChI is InChI=1S/C31H62O2S/c1-3-5-6-7-8-9-10-11-12-13-14-15-16-17-18-19-20-21-22-23-24-25-26-27-30(34)28-29-33-31(32)4-2/h30,34H,3-29H2,1-2H3. The molecule has 0 spiro atoms. The Morgan fingerprint density at radius 3 is 1.18 bits per heavy atom. The van der Waals surface area contributed by atoms with Gasteiger partial charge in [0.05, 0.1) is 6.61 Å². The van der Waals surface area contributed by atoms with E-state index in [-0.39, 0.29) is 5.97 Å². The maximum Gasteiger partial charge on any atom is 0.305 e. The minimum absolute atomic E-state index is 0.0971. The topological polar surface area (TPSA) is 26.3 Å². The fraction of sp³-hybridized carbons (Fsp3) is 0.968. The van der Waals surface area contributed by atoms with Crippen LogP contribution in [0.2, 0.25) is 0 Å². The van der Waals surface area contributed by atoms with E-state index in [4.69, 9.17) is 4.74 Å². The predicted molar refractivity (Wildman–Crippen MR) is 155 cm³/mol. The quantitative estimate of drug-likeness (QED) is 0.0659. The molecule has 0 fully saturated rings. The van der Waals surface area contributed by atoms with Crippen molar-refractivity contribution < 1.29 is 9.53 Å². The van der Waals surface area contributed by atoms with E-state index in [2.05, 4.69) is 19.6 Å². The third-order valence-electron chi connectivity index (χ3n) is 7.14. The van der Waals surface area contributed by atoms with Crippen molar-refractivity contribution in [1.29, 1.82) is 0 Å². The molecular formula is C31H62O2S. The van der Waals surface area contributed by atoms with Gasteiger partial charge in [0.25, 0.3) is 0 Å². The van der Waals surface area contributed by atoms with Gasteiger partial charge in [-0.15, -0.1) is 0 Å². The van der Waals surface area contributed by atoms with Crippen LogP contribution in [-0.2, 0) is 9.53 Å². The number of unbranched alkanes of at least 4 members (excludes halogenated alkanes) is 22. The van der Waals surface area contributed by atoms with Gasteiger partial charge in [-0.05, 0) is 12.8 Å². The number of thiol groups is 1. The smallest absolute Gasteiger partial charge is 0.305 e. The number of hydrogen-bond acceptors (Lipinski definition) is 3. The molecule has 0 amide bonds. The van der Waals surface area contributed by atoms with Crippen LogP contribution in [0.15, 0.2) is 0 Å². The summed E-state index contributed by atoms with van der Waals surface area (Å²) >= 11 is 4.62. The molecule has 3 heteroatoms. The van der Waals surface area contributed by atoms with Crippen molar-refractivity contribution in [2.24, 2.45) is 0 Å². The highest BCUT2D eigenvalue weighted by Gasteiger charge is 2.05. The Labute approximate surface area is 220 Å². The molecule has 0 aromatic carbocycles. The average molecular weight is 499 g/mol. The third-order valence-corrected chi connectivity index (χ3v) is 7.66. The van der Waals surface area contributed by atoms with Crippen molar-refractivity contribution in [3.05, 3.63) is 0 Å². The van der Waals surface area contributed by atoms with Crippen LogP contribution in [0.5, 0.6) is 0 Å². The molecule has 0 rings (SSSR count). The van der Waals surface area contributed by atoms with Crippen LogP contribution in [0.1, 0.15) is 181 Å². The van der Waals surface area contributed by atoms with Gasteiger partial charge in [0.15, 0.2) is 0 Å². The van der Waals surface area contributed by atoms with Gasteiger partial charge in [0.1, 0.15) is 0 Å². The number of esters is 1. The summed E-state index contributed by atoms with van der Waals surface area (Å²) in [5.41, 5.74) is 0. The summed E-state index contributed by atoms with van der Waals surface area (Å²) in [6.45, 7) is 4.66. The Balaban J connectivity index is 3.10. The lowest BCUT2D eigenvalue weighted by molar-refractivity contribution is -0.143. The second kappa shape index (κ2) is 29.1. The molecule has 1 unspecified atom stereocenters. The molecule has 0 bridgehead atoms. The highest BCUT2D eigenvalue weighted by molar-refractivity contribution is 7.80. The highest BCUT2D eigenvalue weighted by Crippen LogP contribution is 2.17. The molecule has 0 aromatic rings. The predicted octanol–water partition coefficient (Wildman–Crippen LogP) is 11.0. The van der Waals surface area contributed by atoms with Gasteiger partial charge >= 0.3 is 5.97 Å². The molecule has 0 aliphatic carbocycles.